The Labute approximate surface area is 164 Å². The molecule has 4 nitrogen and oxygen atoms in total. The average Bonchev–Trinajstić information content (AvgIpc) is 3.31. The summed E-state index contributed by atoms with van der Waals surface area (Å²) in [5.74, 6) is 3.02. The molecule has 1 aliphatic rings. The molecule has 27 heavy (non-hydrogen) atoms. The largest absolute Gasteiger partial charge is 0.496 e. The van der Waals surface area contributed by atoms with E-state index in [4.69, 9.17) is 14.5 Å². The molecule has 0 aliphatic carbocycles. The summed E-state index contributed by atoms with van der Waals surface area (Å²) >= 11 is 1.82. The Morgan fingerprint density at radius 2 is 1.93 bits per heavy atom. The van der Waals surface area contributed by atoms with Crippen molar-refractivity contribution in [3.63, 3.8) is 0 Å². The fraction of sp³-hybridized carbons (Fsp3) is 0.318. The molecule has 140 valence electrons. The van der Waals surface area contributed by atoms with Gasteiger partial charge in [-0.05, 0) is 55.2 Å². The van der Waals surface area contributed by atoms with E-state index in [0.717, 1.165) is 66.1 Å². The second-order valence-electron chi connectivity index (χ2n) is 6.59. The molecule has 0 saturated heterocycles. The summed E-state index contributed by atoms with van der Waals surface area (Å²) in [5.41, 5.74) is 3.44. The lowest BCUT2D eigenvalue weighted by Gasteiger charge is -2.09. The van der Waals surface area contributed by atoms with Gasteiger partial charge in [0.1, 0.15) is 11.5 Å². The molecule has 0 amide bonds. The van der Waals surface area contributed by atoms with Gasteiger partial charge in [0.05, 0.1) is 19.4 Å². The Morgan fingerprint density at radius 3 is 2.74 bits per heavy atom. The van der Waals surface area contributed by atoms with Crippen molar-refractivity contribution >= 4 is 11.8 Å². The Bertz CT molecular complexity index is 868. The number of benzene rings is 2. The third kappa shape index (κ3) is 4.30. The Hall–Kier alpha value is -2.40. The Morgan fingerprint density at radius 1 is 1.07 bits per heavy atom. The fourth-order valence-corrected chi connectivity index (χ4v) is 4.23. The molecular weight excluding hydrogens is 356 g/mol. The van der Waals surface area contributed by atoms with Crippen molar-refractivity contribution < 1.29 is 9.47 Å². The topological polar surface area (TPSA) is 36.3 Å². The number of para-hydroxylation sites is 1. The number of rotatable bonds is 8. The van der Waals surface area contributed by atoms with E-state index < -0.39 is 0 Å². The zero-order valence-corrected chi connectivity index (χ0v) is 16.4. The number of ether oxygens (including phenoxy) is 2. The molecule has 0 unspecified atom stereocenters. The van der Waals surface area contributed by atoms with E-state index in [-0.39, 0.29) is 0 Å². The molecule has 0 N–H and O–H groups in total. The number of aromatic nitrogens is 2. The molecule has 0 spiro atoms. The first kappa shape index (κ1) is 18.0. The number of methoxy groups -OCH3 is 1. The van der Waals surface area contributed by atoms with E-state index in [0.29, 0.717) is 0 Å². The van der Waals surface area contributed by atoms with Gasteiger partial charge in [0.15, 0.2) is 5.16 Å². The van der Waals surface area contributed by atoms with Crippen LogP contribution < -0.4 is 9.47 Å². The number of nitrogens with zero attached hydrogens (tertiary/aromatic N) is 2. The van der Waals surface area contributed by atoms with Crippen LogP contribution in [0.2, 0.25) is 0 Å². The molecule has 0 fully saturated rings. The number of unbranched alkanes of at least 4 members (excludes halogenated alkanes) is 1. The van der Waals surface area contributed by atoms with E-state index in [1.807, 2.05) is 36.0 Å². The highest BCUT2D eigenvalue weighted by molar-refractivity contribution is 7.99. The highest BCUT2D eigenvalue weighted by Gasteiger charge is 2.15. The van der Waals surface area contributed by atoms with Crippen molar-refractivity contribution in [3.8, 4) is 22.8 Å². The molecule has 3 aromatic rings. The predicted octanol–water partition coefficient (Wildman–Crippen LogP) is 5.07. The van der Waals surface area contributed by atoms with Crippen LogP contribution in [-0.4, -0.2) is 29.0 Å². The SMILES string of the molecule is COc1ccccc1CCCCOc1ccc(-c2cn3c(n2)SCC3)cc1. The standard InChI is InChI=1S/C22H24N2O2S/c1-25-21-8-3-2-6-18(21)7-4-5-14-26-19-11-9-17(10-12-19)20-16-24-13-15-27-22(24)23-20/h2-3,6,8-12,16H,4-5,7,13-15H2,1H3. The van der Waals surface area contributed by atoms with Crippen LogP contribution in [0.4, 0.5) is 0 Å². The molecule has 2 heterocycles. The molecule has 0 radical (unpaired) electrons. The van der Waals surface area contributed by atoms with Crippen LogP contribution in [0.5, 0.6) is 11.5 Å². The zero-order chi connectivity index (χ0) is 18.5. The second kappa shape index (κ2) is 8.53. The number of imidazole rings is 1. The maximum atomic E-state index is 5.89. The van der Waals surface area contributed by atoms with Crippen LogP contribution in [0, 0.1) is 0 Å². The summed E-state index contributed by atoms with van der Waals surface area (Å²) in [6, 6.07) is 16.5. The Balaban J connectivity index is 1.24. The maximum absolute atomic E-state index is 5.89. The lowest BCUT2D eigenvalue weighted by atomic mass is 10.1. The van der Waals surface area contributed by atoms with Crippen LogP contribution in [0.15, 0.2) is 59.9 Å². The monoisotopic (exact) mass is 380 g/mol. The van der Waals surface area contributed by atoms with E-state index >= 15 is 0 Å². The van der Waals surface area contributed by atoms with Gasteiger partial charge in [-0.15, -0.1) is 0 Å². The van der Waals surface area contributed by atoms with E-state index in [1.54, 1.807) is 7.11 Å². The molecule has 0 bridgehead atoms. The van der Waals surface area contributed by atoms with Gasteiger partial charge in [-0.25, -0.2) is 4.98 Å². The summed E-state index contributed by atoms with van der Waals surface area (Å²) in [5, 5.41) is 1.13. The molecule has 1 aliphatic heterocycles. The number of fused-ring (bicyclic) bond motifs is 1. The van der Waals surface area contributed by atoms with Gasteiger partial charge in [0, 0.05) is 24.1 Å². The third-order valence-corrected chi connectivity index (χ3v) is 5.73. The van der Waals surface area contributed by atoms with Crippen LogP contribution in [-0.2, 0) is 13.0 Å². The third-order valence-electron chi connectivity index (χ3n) is 4.76. The van der Waals surface area contributed by atoms with Crippen molar-refractivity contribution in [2.24, 2.45) is 0 Å². The number of thioether (sulfide) groups is 1. The normalized spacial score (nSPS) is 12.8. The Kier molecular flexibility index (Phi) is 5.68. The van der Waals surface area contributed by atoms with Crippen LogP contribution >= 0.6 is 11.8 Å². The summed E-state index contributed by atoms with van der Waals surface area (Å²) in [6.07, 6.45) is 5.25. The quantitative estimate of drug-likeness (QED) is 0.512. The number of aryl methyl sites for hydroxylation is 2. The summed E-state index contributed by atoms with van der Waals surface area (Å²) < 4.78 is 13.5. The van der Waals surface area contributed by atoms with Gasteiger partial charge >= 0.3 is 0 Å². The molecule has 1 aromatic heterocycles. The van der Waals surface area contributed by atoms with Crippen LogP contribution in [0.25, 0.3) is 11.3 Å². The van der Waals surface area contributed by atoms with Crippen molar-refractivity contribution in [2.75, 3.05) is 19.5 Å². The van der Waals surface area contributed by atoms with Crippen molar-refractivity contribution in [2.45, 2.75) is 31.0 Å². The van der Waals surface area contributed by atoms with E-state index in [9.17, 15) is 0 Å². The van der Waals surface area contributed by atoms with Gasteiger partial charge in [-0.2, -0.15) is 0 Å². The minimum absolute atomic E-state index is 0.726. The van der Waals surface area contributed by atoms with Crippen molar-refractivity contribution in [3.05, 3.63) is 60.3 Å². The number of hydrogen-bond acceptors (Lipinski definition) is 4. The highest BCUT2D eigenvalue weighted by atomic mass is 32.2. The first-order chi connectivity index (χ1) is 13.3. The summed E-state index contributed by atoms with van der Waals surface area (Å²) in [7, 11) is 1.72. The average molecular weight is 381 g/mol. The molecule has 2 aromatic carbocycles. The second-order valence-corrected chi connectivity index (χ2v) is 7.65. The number of hydrogen-bond donors (Lipinski definition) is 0. The molecule has 0 saturated carbocycles. The van der Waals surface area contributed by atoms with E-state index in [1.165, 1.54) is 5.56 Å². The molecule has 4 rings (SSSR count). The first-order valence-electron chi connectivity index (χ1n) is 9.38. The van der Waals surface area contributed by atoms with Crippen molar-refractivity contribution in [1.82, 2.24) is 9.55 Å². The minimum atomic E-state index is 0.726. The lowest BCUT2D eigenvalue weighted by molar-refractivity contribution is 0.306. The van der Waals surface area contributed by atoms with Gasteiger partial charge < -0.3 is 14.0 Å². The van der Waals surface area contributed by atoms with E-state index in [2.05, 4.69) is 35.0 Å². The van der Waals surface area contributed by atoms with Gasteiger partial charge in [-0.3, -0.25) is 0 Å². The fourth-order valence-electron chi connectivity index (χ4n) is 3.29. The van der Waals surface area contributed by atoms with Gasteiger partial charge in [-0.1, -0.05) is 30.0 Å². The zero-order valence-electron chi connectivity index (χ0n) is 15.6. The summed E-state index contributed by atoms with van der Waals surface area (Å²) in [6.45, 7) is 1.78. The van der Waals surface area contributed by atoms with Crippen molar-refractivity contribution in [1.29, 1.82) is 0 Å². The van der Waals surface area contributed by atoms with Crippen LogP contribution in [0.1, 0.15) is 18.4 Å². The lowest BCUT2D eigenvalue weighted by Crippen LogP contribution is -1.99. The molecule has 5 heteroatoms. The predicted molar refractivity (Wildman–Crippen MR) is 110 cm³/mol. The van der Waals surface area contributed by atoms with Crippen LogP contribution in [0.3, 0.4) is 0 Å². The van der Waals surface area contributed by atoms with Gasteiger partial charge in [0.2, 0.25) is 0 Å². The molecule has 0 atom stereocenters. The summed E-state index contributed by atoms with van der Waals surface area (Å²) in [4.78, 5) is 4.69. The maximum Gasteiger partial charge on any atom is 0.168 e. The van der Waals surface area contributed by atoms with Gasteiger partial charge in [0.25, 0.3) is 0 Å². The minimum Gasteiger partial charge on any atom is -0.496 e. The first-order valence-corrected chi connectivity index (χ1v) is 10.4. The molecular formula is C22H24N2O2S. The smallest absolute Gasteiger partial charge is 0.168 e. The highest BCUT2D eigenvalue weighted by Crippen LogP contribution is 2.29.